The molecular weight excluding hydrogens is 416 g/mol. The highest BCUT2D eigenvalue weighted by atomic mass is 16.6. The summed E-state index contributed by atoms with van der Waals surface area (Å²) in [6.07, 6.45) is 1.36. The Kier molecular flexibility index (Phi) is 6.86. The van der Waals surface area contributed by atoms with Crippen LogP contribution in [0.1, 0.15) is 82.6 Å². The number of rotatable bonds is 5. The number of anilines is 2. The predicted molar refractivity (Wildman–Crippen MR) is 134 cm³/mol. The normalized spacial score (nSPS) is 14.5. The first-order chi connectivity index (χ1) is 15.4. The number of ether oxygens (including phenoxy) is 2. The summed E-state index contributed by atoms with van der Waals surface area (Å²) in [4.78, 5) is 25.0. The number of hydrogen-bond donors (Lipinski definition) is 2. The molecule has 0 radical (unpaired) electrons. The monoisotopic (exact) mass is 450 g/mol. The van der Waals surface area contributed by atoms with E-state index in [1.807, 2.05) is 26.8 Å². The van der Waals surface area contributed by atoms with Crippen LogP contribution in [0, 0.1) is 0 Å². The van der Waals surface area contributed by atoms with Gasteiger partial charge in [-0.05, 0) is 85.7 Å². The fourth-order valence-corrected chi connectivity index (χ4v) is 3.87. The Labute approximate surface area is 196 Å². The summed E-state index contributed by atoms with van der Waals surface area (Å²) in [7, 11) is 1.70. The van der Waals surface area contributed by atoms with Crippen molar-refractivity contribution in [1.82, 2.24) is 0 Å². The Bertz CT molecular complexity index is 1080. The molecule has 1 heterocycles. The number of carbonyl (C=O) groups is 2. The lowest BCUT2D eigenvalue weighted by atomic mass is 9.90. The Morgan fingerprint density at radius 3 is 2.15 bits per heavy atom. The fraction of sp³-hybridized carbons (Fsp3) is 0.407. The minimum Gasteiger partial charge on any atom is -0.496 e. The van der Waals surface area contributed by atoms with Crippen molar-refractivity contribution in [2.24, 2.45) is 0 Å². The standard InChI is InChI=1S/C27H34N2O4/c1-15(2)19-11-17(12-20(16(3)4)24(19)32-8)13-22-21-14-18(9-10-23(21)29-25(22)30)28-26(31)33-27(5,6)7/h9-16H,1-8H3,(H,28,31)(H,29,30)/b22-13-. The van der Waals surface area contributed by atoms with Gasteiger partial charge in [0.1, 0.15) is 11.4 Å². The van der Waals surface area contributed by atoms with Crippen molar-refractivity contribution in [2.45, 2.75) is 65.9 Å². The maximum atomic E-state index is 12.8. The Morgan fingerprint density at radius 1 is 1.03 bits per heavy atom. The van der Waals surface area contributed by atoms with Gasteiger partial charge >= 0.3 is 6.09 Å². The van der Waals surface area contributed by atoms with Crippen LogP contribution in [0.5, 0.6) is 5.75 Å². The second-order valence-electron chi connectivity index (χ2n) is 9.94. The maximum Gasteiger partial charge on any atom is 0.412 e. The van der Waals surface area contributed by atoms with Crippen molar-refractivity contribution in [3.63, 3.8) is 0 Å². The van der Waals surface area contributed by atoms with E-state index in [4.69, 9.17) is 9.47 Å². The van der Waals surface area contributed by atoms with E-state index >= 15 is 0 Å². The zero-order valence-corrected chi connectivity index (χ0v) is 20.8. The van der Waals surface area contributed by atoms with Crippen molar-refractivity contribution >= 4 is 35.0 Å². The average Bonchev–Trinajstić information content (AvgIpc) is 3.00. The van der Waals surface area contributed by atoms with E-state index in [0.29, 0.717) is 16.9 Å². The zero-order valence-electron chi connectivity index (χ0n) is 20.8. The lowest BCUT2D eigenvalue weighted by Gasteiger charge is -2.20. The Balaban J connectivity index is 2.03. The van der Waals surface area contributed by atoms with Crippen LogP contribution >= 0.6 is 0 Å². The topological polar surface area (TPSA) is 76.7 Å². The molecular formula is C27H34N2O4. The summed E-state index contributed by atoms with van der Waals surface area (Å²) in [5.74, 6) is 1.27. The molecule has 0 atom stereocenters. The minimum atomic E-state index is -0.597. The Hall–Kier alpha value is -3.28. The number of amides is 2. The molecule has 1 aliphatic heterocycles. The lowest BCUT2D eigenvalue weighted by molar-refractivity contribution is -0.110. The van der Waals surface area contributed by atoms with Gasteiger partial charge < -0.3 is 14.8 Å². The molecule has 2 amide bonds. The van der Waals surface area contributed by atoms with Gasteiger partial charge in [0, 0.05) is 22.5 Å². The second kappa shape index (κ2) is 9.30. The number of benzene rings is 2. The predicted octanol–water partition coefficient (Wildman–Crippen LogP) is 6.78. The molecule has 2 aromatic rings. The summed E-state index contributed by atoms with van der Waals surface area (Å²) in [5, 5.41) is 5.65. The fourth-order valence-electron chi connectivity index (χ4n) is 3.87. The van der Waals surface area contributed by atoms with E-state index in [9.17, 15) is 9.59 Å². The molecule has 3 rings (SSSR count). The van der Waals surface area contributed by atoms with Crippen molar-refractivity contribution < 1.29 is 19.1 Å². The van der Waals surface area contributed by atoms with E-state index in [1.165, 1.54) is 0 Å². The molecule has 0 bridgehead atoms. The van der Waals surface area contributed by atoms with E-state index < -0.39 is 11.7 Å². The van der Waals surface area contributed by atoms with Crippen molar-refractivity contribution in [1.29, 1.82) is 0 Å². The third-order valence-electron chi connectivity index (χ3n) is 5.38. The summed E-state index contributed by atoms with van der Waals surface area (Å²) >= 11 is 0. The van der Waals surface area contributed by atoms with E-state index in [0.717, 1.165) is 28.0 Å². The molecule has 6 nitrogen and oxygen atoms in total. The van der Waals surface area contributed by atoms with Crippen LogP contribution in [0.25, 0.3) is 11.6 Å². The molecule has 2 N–H and O–H groups in total. The number of nitrogens with one attached hydrogen (secondary N) is 2. The number of hydrogen-bond acceptors (Lipinski definition) is 4. The van der Waals surface area contributed by atoms with E-state index in [2.05, 4.69) is 50.5 Å². The van der Waals surface area contributed by atoms with Gasteiger partial charge in [0.05, 0.1) is 7.11 Å². The van der Waals surface area contributed by atoms with Crippen molar-refractivity contribution in [2.75, 3.05) is 17.7 Å². The third-order valence-corrected chi connectivity index (χ3v) is 5.38. The second-order valence-corrected chi connectivity index (χ2v) is 9.94. The molecule has 0 spiro atoms. The van der Waals surface area contributed by atoms with Crippen LogP contribution in [0.4, 0.5) is 16.2 Å². The molecule has 1 aliphatic rings. The number of carbonyl (C=O) groups excluding carboxylic acids is 2. The molecule has 2 aromatic carbocycles. The quantitative estimate of drug-likeness (QED) is 0.492. The first-order valence-electron chi connectivity index (χ1n) is 11.3. The first kappa shape index (κ1) is 24.4. The molecule has 176 valence electrons. The summed E-state index contributed by atoms with van der Waals surface area (Å²) in [6, 6.07) is 9.48. The van der Waals surface area contributed by atoms with E-state index in [1.54, 1.807) is 25.3 Å². The van der Waals surface area contributed by atoms with Crippen LogP contribution in [-0.2, 0) is 9.53 Å². The molecule has 33 heavy (non-hydrogen) atoms. The van der Waals surface area contributed by atoms with Gasteiger partial charge in [0.15, 0.2) is 0 Å². The van der Waals surface area contributed by atoms with E-state index in [-0.39, 0.29) is 17.7 Å². The highest BCUT2D eigenvalue weighted by Crippen LogP contribution is 2.39. The minimum absolute atomic E-state index is 0.174. The van der Waals surface area contributed by atoms with Gasteiger partial charge in [-0.3, -0.25) is 10.1 Å². The largest absolute Gasteiger partial charge is 0.496 e. The SMILES string of the molecule is COc1c(C(C)C)cc(/C=C2\C(=O)Nc3ccc(NC(=O)OC(C)(C)C)cc32)cc1C(C)C. The molecule has 0 aromatic heterocycles. The molecule has 0 aliphatic carbocycles. The number of methoxy groups -OCH3 is 1. The summed E-state index contributed by atoms with van der Waals surface area (Å²) in [6.45, 7) is 13.9. The number of fused-ring (bicyclic) bond motifs is 1. The summed E-state index contributed by atoms with van der Waals surface area (Å²) in [5.41, 5.74) is 5.11. The van der Waals surface area contributed by atoms with Crippen LogP contribution in [0.2, 0.25) is 0 Å². The first-order valence-corrected chi connectivity index (χ1v) is 11.3. The Morgan fingerprint density at radius 2 is 1.64 bits per heavy atom. The average molecular weight is 451 g/mol. The highest BCUT2D eigenvalue weighted by molar-refractivity contribution is 6.35. The van der Waals surface area contributed by atoms with Gasteiger partial charge in [-0.15, -0.1) is 0 Å². The van der Waals surface area contributed by atoms with Crippen molar-refractivity contribution in [3.05, 3.63) is 52.6 Å². The molecule has 6 heteroatoms. The highest BCUT2D eigenvalue weighted by Gasteiger charge is 2.26. The van der Waals surface area contributed by atoms with Gasteiger partial charge in [0.2, 0.25) is 0 Å². The molecule has 0 saturated carbocycles. The van der Waals surface area contributed by atoms with Crippen molar-refractivity contribution in [3.8, 4) is 5.75 Å². The van der Waals surface area contributed by atoms with Gasteiger partial charge in [-0.25, -0.2) is 4.79 Å². The van der Waals surface area contributed by atoms with Crippen LogP contribution < -0.4 is 15.4 Å². The molecule has 0 saturated heterocycles. The van der Waals surface area contributed by atoms with Gasteiger partial charge in [-0.2, -0.15) is 0 Å². The molecule has 0 fully saturated rings. The third kappa shape index (κ3) is 5.56. The van der Waals surface area contributed by atoms with Crippen LogP contribution in [0.3, 0.4) is 0 Å². The van der Waals surface area contributed by atoms with Gasteiger partial charge in [-0.1, -0.05) is 27.7 Å². The zero-order chi connectivity index (χ0) is 24.5. The smallest absolute Gasteiger partial charge is 0.412 e. The maximum absolute atomic E-state index is 12.8. The van der Waals surface area contributed by atoms with Crippen LogP contribution in [0.15, 0.2) is 30.3 Å². The van der Waals surface area contributed by atoms with Gasteiger partial charge in [0.25, 0.3) is 5.91 Å². The molecule has 0 unspecified atom stereocenters. The summed E-state index contributed by atoms with van der Waals surface area (Å²) < 4.78 is 11.1. The lowest BCUT2D eigenvalue weighted by Crippen LogP contribution is -2.27. The van der Waals surface area contributed by atoms with Crippen LogP contribution in [-0.4, -0.2) is 24.7 Å².